The lowest BCUT2D eigenvalue weighted by molar-refractivity contribution is 0.555. The summed E-state index contributed by atoms with van der Waals surface area (Å²) in [5.74, 6) is 1.02. The van der Waals surface area contributed by atoms with Crippen LogP contribution in [0.2, 0.25) is 0 Å². The molecule has 0 amide bonds. The van der Waals surface area contributed by atoms with Gasteiger partial charge in [0.25, 0.3) is 0 Å². The van der Waals surface area contributed by atoms with Gasteiger partial charge in [-0.3, -0.25) is 5.10 Å². The largest absolute Gasteiger partial charge is 0.277 e. The highest BCUT2D eigenvalue weighted by Gasteiger charge is 2.26. The molecule has 3 rings (SSSR count). The van der Waals surface area contributed by atoms with Gasteiger partial charge in [-0.25, -0.2) is 4.98 Å². The molecular formula is C14H20N8S2. The molecule has 24 heavy (non-hydrogen) atoms. The van der Waals surface area contributed by atoms with Crippen molar-refractivity contribution in [3.63, 3.8) is 0 Å². The summed E-state index contributed by atoms with van der Waals surface area (Å²) >= 11 is 2.71. The summed E-state index contributed by atoms with van der Waals surface area (Å²) in [7, 11) is 0. The van der Waals surface area contributed by atoms with E-state index in [4.69, 9.17) is 0 Å². The van der Waals surface area contributed by atoms with E-state index in [1.807, 2.05) is 6.26 Å². The van der Waals surface area contributed by atoms with Gasteiger partial charge in [0.1, 0.15) is 0 Å². The Labute approximate surface area is 148 Å². The van der Waals surface area contributed by atoms with Crippen molar-refractivity contribution >= 4 is 39.8 Å². The van der Waals surface area contributed by atoms with Gasteiger partial charge in [0.2, 0.25) is 15.9 Å². The predicted molar refractivity (Wildman–Crippen MR) is 96.0 cm³/mol. The number of aromatic amines is 1. The van der Waals surface area contributed by atoms with Crippen molar-refractivity contribution in [2.24, 2.45) is 10.2 Å². The third-order valence-electron chi connectivity index (χ3n) is 3.37. The summed E-state index contributed by atoms with van der Waals surface area (Å²) in [5.41, 5.74) is 2.18. The van der Waals surface area contributed by atoms with Crippen LogP contribution in [0.1, 0.15) is 52.1 Å². The smallest absolute Gasteiger partial charge is 0.250 e. The molecule has 3 aromatic heterocycles. The van der Waals surface area contributed by atoms with Crippen LogP contribution >= 0.6 is 23.3 Å². The summed E-state index contributed by atoms with van der Waals surface area (Å²) in [6.45, 7) is 10.4. The molecule has 0 aliphatic heterocycles. The highest BCUT2D eigenvalue weighted by atomic mass is 32.2. The second-order valence-electron chi connectivity index (χ2n) is 6.71. The molecule has 3 aromatic rings. The first kappa shape index (κ1) is 17.0. The van der Waals surface area contributed by atoms with E-state index in [2.05, 4.69) is 69.4 Å². The van der Waals surface area contributed by atoms with Gasteiger partial charge in [-0.15, -0.1) is 15.3 Å². The van der Waals surface area contributed by atoms with E-state index < -0.39 is 0 Å². The molecule has 0 aromatic carbocycles. The van der Waals surface area contributed by atoms with E-state index in [0.717, 1.165) is 11.5 Å². The Bertz CT molecular complexity index is 880. The van der Waals surface area contributed by atoms with Crippen LogP contribution in [0.3, 0.4) is 0 Å². The molecule has 1 N–H and O–H groups in total. The van der Waals surface area contributed by atoms with Crippen LogP contribution in [0.25, 0.3) is 5.65 Å². The topological polar surface area (TPSA) is 96.5 Å². The fourth-order valence-corrected chi connectivity index (χ4v) is 3.16. The molecule has 10 heteroatoms. The molecule has 0 radical (unpaired) electrons. The van der Waals surface area contributed by atoms with Crippen molar-refractivity contribution in [1.29, 1.82) is 0 Å². The maximum atomic E-state index is 4.61. The average Bonchev–Trinajstić information content (AvgIpc) is 3.18. The zero-order chi connectivity index (χ0) is 17.5. The number of azo groups is 1. The van der Waals surface area contributed by atoms with Crippen LogP contribution in [0.15, 0.2) is 15.4 Å². The second-order valence-corrected chi connectivity index (χ2v) is 8.21. The molecule has 3 heterocycles. The number of nitrogens with one attached hydrogen (secondary N) is 1. The van der Waals surface area contributed by atoms with Crippen molar-refractivity contribution in [3.8, 4) is 0 Å². The number of H-pyrrole nitrogens is 1. The van der Waals surface area contributed by atoms with Crippen LogP contribution in [-0.4, -0.2) is 35.4 Å². The van der Waals surface area contributed by atoms with E-state index in [1.165, 1.54) is 23.3 Å². The zero-order valence-electron chi connectivity index (χ0n) is 14.5. The Kier molecular flexibility index (Phi) is 4.43. The lowest BCUT2D eigenvalue weighted by atomic mass is 9.91. The first-order chi connectivity index (χ1) is 11.3. The Morgan fingerprint density at radius 1 is 1.21 bits per heavy atom. The average molecular weight is 365 g/mol. The van der Waals surface area contributed by atoms with Gasteiger partial charge in [-0.05, 0) is 6.26 Å². The number of fused-ring (bicyclic) bond motifs is 1. The van der Waals surface area contributed by atoms with Gasteiger partial charge >= 0.3 is 0 Å². The van der Waals surface area contributed by atoms with Gasteiger partial charge in [0, 0.05) is 22.9 Å². The number of hydrogen-bond donors (Lipinski definition) is 1. The SMILES string of the molecule is CSc1nsc(N=Nc2c(C(C)(C)C)[nH]n3nc(C(C)C)nc23)n1. The minimum Gasteiger partial charge on any atom is -0.277 e. The van der Waals surface area contributed by atoms with E-state index in [1.54, 1.807) is 4.63 Å². The monoisotopic (exact) mass is 364 g/mol. The molecule has 0 saturated heterocycles. The third kappa shape index (κ3) is 3.20. The summed E-state index contributed by atoms with van der Waals surface area (Å²) in [5, 5.41) is 17.7. The predicted octanol–water partition coefficient (Wildman–Crippen LogP) is 4.47. The third-order valence-corrected chi connectivity index (χ3v) is 4.63. The molecule has 0 fully saturated rings. The lowest BCUT2D eigenvalue weighted by Gasteiger charge is -2.16. The number of rotatable bonds is 4. The summed E-state index contributed by atoms with van der Waals surface area (Å²) in [4.78, 5) is 8.90. The normalized spacial score (nSPS) is 13.0. The van der Waals surface area contributed by atoms with Crippen molar-refractivity contribution in [3.05, 3.63) is 11.5 Å². The highest BCUT2D eigenvalue weighted by Crippen LogP contribution is 2.35. The fourth-order valence-electron chi connectivity index (χ4n) is 2.11. The van der Waals surface area contributed by atoms with Gasteiger partial charge < -0.3 is 0 Å². The number of aromatic nitrogens is 6. The van der Waals surface area contributed by atoms with Crippen LogP contribution < -0.4 is 0 Å². The Morgan fingerprint density at radius 3 is 2.54 bits per heavy atom. The number of nitrogens with zero attached hydrogens (tertiary/aromatic N) is 7. The second kappa shape index (κ2) is 6.25. The van der Waals surface area contributed by atoms with Crippen molar-refractivity contribution in [1.82, 2.24) is 29.2 Å². The molecule has 0 bridgehead atoms. The minimum absolute atomic E-state index is 0.139. The molecule has 128 valence electrons. The number of hydrogen-bond acceptors (Lipinski definition) is 8. The molecule has 0 aliphatic carbocycles. The van der Waals surface area contributed by atoms with Crippen molar-refractivity contribution in [2.45, 2.75) is 51.1 Å². The summed E-state index contributed by atoms with van der Waals surface area (Å²) in [6, 6.07) is 0. The Hall–Kier alpha value is -1.81. The van der Waals surface area contributed by atoms with E-state index >= 15 is 0 Å². The Morgan fingerprint density at radius 2 is 1.96 bits per heavy atom. The van der Waals surface area contributed by atoms with E-state index in [-0.39, 0.29) is 11.3 Å². The fraction of sp³-hybridized carbons (Fsp3) is 0.571. The Balaban J connectivity index is 2.08. The maximum absolute atomic E-state index is 4.61. The molecule has 0 spiro atoms. The molecule has 0 saturated carbocycles. The van der Waals surface area contributed by atoms with Crippen molar-refractivity contribution in [2.75, 3.05) is 6.26 Å². The quantitative estimate of drug-likeness (QED) is 0.544. The number of thioether (sulfide) groups is 1. The zero-order valence-corrected chi connectivity index (χ0v) is 16.2. The summed E-state index contributed by atoms with van der Waals surface area (Å²) < 4.78 is 5.87. The molecule has 0 unspecified atom stereocenters. The standard InChI is InChI=1S/C14H20N8S2/c1-7(2)10-15-11-8(9(14(3,4)5)19-22(11)20-10)17-18-12-16-13(23-6)21-24-12/h7,19H,1-6H3. The lowest BCUT2D eigenvalue weighted by Crippen LogP contribution is -2.12. The van der Waals surface area contributed by atoms with Crippen LogP contribution in [-0.2, 0) is 5.41 Å². The molecule has 8 nitrogen and oxygen atoms in total. The summed E-state index contributed by atoms with van der Waals surface area (Å²) in [6.07, 6.45) is 1.93. The first-order valence-corrected chi connectivity index (χ1v) is 9.58. The maximum Gasteiger partial charge on any atom is 0.250 e. The molecular weight excluding hydrogens is 344 g/mol. The first-order valence-electron chi connectivity index (χ1n) is 7.58. The van der Waals surface area contributed by atoms with Crippen molar-refractivity contribution < 1.29 is 0 Å². The molecule has 0 atom stereocenters. The van der Waals surface area contributed by atoms with Gasteiger partial charge in [-0.1, -0.05) is 46.4 Å². The van der Waals surface area contributed by atoms with Gasteiger partial charge in [0.05, 0.1) is 5.69 Å². The van der Waals surface area contributed by atoms with E-state index in [9.17, 15) is 0 Å². The molecule has 0 aliphatic rings. The highest BCUT2D eigenvalue weighted by molar-refractivity contribution is 7.98. The van der Waals surface area contributed by atoms with Gasteiger partial charge in [-0.2, -0.15) is 14.0 Å². The van der Waals surface area contributed by atoms with E-state index in [0.29, 0.717) is 21.6 Å². The minimum atomic E-state index is -0.139. The van der Waals surface area contributed by atoms with Crippen LogP contribution in [0.4, 0.5) is 10.8 Å². The van der Waals surface area contributed by atoms with Crippen LogP contribution in [0, 0.1) is 0 Å². The van der Waals surface area contributed by atoms with Gasteiger partial charge in [0.15, 0.2) is 11.5 Å². The van der Waals surface area contributed by atoms with Crippen LogP contribution in [0.5, 0.6) is 0 Å².